The molecule has 1 fully saturated rings. The second kappa shape index (κ2) is 9.56. The zero-order chi connectivity index (χ0) is 19.1. The van der Waals surface area contributed by atoms with E-state index >= 15 is 0 Å². The minimum absolute atomic E-state index is 0.0439. The third kappa shape index (κ3) is 5.57. The van der Waals surface area contributed by atoms with E-state index in [9.17, 15) is 4.79 Å². The molecule has 1 aliphatic rings. The number of benzene rings is 2. The summed E-state index contributed by atoms with van der Waals surface area (Å²) in [5, 5.41) is 3.26. The Hall–Kier alpha value is -2.33. The first kappa shape index (κ1) is 19.4. The van der Waals surface area contributed by atoms with Gasteiger partial charge in [0.25, 0.3) is 0 Å². The number of urea groups is 1. The van der Waals surface area contributed by atoms with E-state index in [1.54, 1.807) is 0 Å². The van der Waals surface area contributed by atoms with Crippen LogP contribution in [0.2, 0.25) is 0 Å². The molecule has 2 amide bonds. The highest BCUT2D eigenvalue weighted by atomic mass is 16.2. The second-order valence-corrected chi connectivity index (χ2v) is 7.68. The molecule has 1 atom stereocenters. The number of amides is 2. The summed E-state index contributed by atoms with van der Waals surface area (Å²) < 4.78 is 0. The molecule has 4 nitrogen and oxygen atoms in total. The van der Waals surface area contributed by atoms with E-state index in [1.165, 1.54) is 11.1 Å². The van der Waals surface area contributed by atoms with Gasteiger partial charge in [-0.25, -0.2) is 4.79 Å². The standard InChI is InChI=1S/C23H31N3O/c1-19(2)22(21-12-7-4-8-13-21)24-23(27)26-15-9-14-25(16-17-26)18-20-10-5-3-6-11-20/h3-8,10-13,19,22H,9,14-18H2,1-2H3,(H,24,27). The Labute approximate surface area is 163 Å². The fourth-order valence-corrected chi connectivity index (χ4v) is 3.69. The molecule has 0 aliphatic carbocycles. The van der Waals surface area contributed by atoms with Crippen LogP contribution in [0.5, 0.6) is 0 Å². The van der Waals surface area contributed by atoms with E-state index in [0.717, 1.165) is 39.1 Å². The average Bonchev–Trinajstić information content (AvgIpc) is 2.93. The van der Waals surface area contributed by atoms with Crippen molar-refractivity contribution in [1.29, 1.82) is 0 Å². The molecule has 0 spiro atoms. The van der Waals surface area contributed by atoms with E-state index in [1.807, 2.05) is 23.1 Å². The summed E-state index contributed by atoms with van der Waals surface area (Å²) >= 11 is 0. The lowest BCUT2D eigenvalue weighted by Gasteiger charge is -2.28. The van der Waals surface area contributed by atoms with Crippen molar-refractivity contribution in [3.05, 3.63) is 71.8 Å². The summed E-state index contributed by atoms with van der Waals surface area (Å²) in [4.78, 5) is 17.3. The molecule has 1 heterocycles. The highest BCUT2D eigenvalue weighted by Gasteiger charge is 2.23. The molecular formula is C23H31N3O. The predicted molar refractivity (Wildman–Crippen MR) is 110 cm³/mol. The first-order valence-electron chi connectivity index (χ1n) is 10.00. The number of hydrogen-bond acceptors (Lipinski definition) is 2. The van der Waals surface area contributed by atoms with Crippen LogP contribution in [0.1, 0.15) is 37.4 Å². The normalized spacial score (nSPS) is 16.8. The van der Waals surface area contributed by atoms with Crippen molar-refractivity contribution in [1.82, 2.24) is 15.1 Å². The Morgan fingerprint density at radius 1 is 0.926 bits per heavy atom. The molecule has 0 bridgehead atoms. The van der Waals surface area contributed by atoms with Gasteiger partial charge in [-0.15, -0.1) is 0 Å². The quantitative estimate of drug-likeness (QED) is 0.857. The van der Waals surface area contributed by atoms with Gasteiger partial charge in [0.15, 0.2) is 0 Å². The average molecular weight is 366 g/mol. The molecule has 144 valence electrons. The lowest BCUT2D eigenvalue weighted by molar-refractivity contribution is 0.190. The van der Waals surface area contributed by atoms with Gasteiger partial charge < -0.3 is 10.2 Å². The van der Waals surface area contributed by atoms with Crippen LogP contribution in [-0.2, 0) is 6.54 Å². The van der Waals surface area contributed by atoms with Crippen molar-refractivity contribution >= 4 is 6.03 Å². The SMILES string of the molecule is CC(C)C(NC(=O)N1CCCN(Cc2ccccc2)CC1)c1ccccc1. The van der Waals surface area contributed by atoms with E-state index in [0.29, 0.717) is 5.92 Å². The van der Waals surface area contributed by atoms with Gasteiger partial charge in [-0.3, -0.25) is 4.90 Å². The summed E-state index contributed by atoms with van der Waals surface area (Å²) in [6.45, 7) is 8.80. The van der Waals surface area contributed by atoms with Crippen LogP contribution in [-0.4, -0.2) is 42.0 Å². The third-order valence-corrected chi connectivity index (χ3v) is 5.23. The number of carbonyl (C=O) groups excluding carboxylic acids is 1. The fourth-order valence-electron chi connectivity index (χ4n) is 3.69. The summed E-state index contributed by atoms with van der Waals surface area (Å²) in [5.74, 6) is 0.345. The van der Waals surface area contributed by atoms with Gasteiger partial charge in [0.1, 0.15) is 0 Å². The van der Waals surface area contributed by atoms with Gasteiger partial charge >= 0.3 is 6.03 Å². The van der Waals surface area contributed by atoms with E-state index in [-0.39, 0.29) is 12.1 Å². The first-order valence-corrected chi connectivity index (χ1v) is 10.00. The summed E-state index contributed by atoms with van der Waals surface area (Å²) in [7, 11) is 0. The van der Waals surface area contributed by atoms with Crippen LogP contribution in [0.3, 0.4) is 0 Å². The molecule has 1 N–H and O–H groups in total. The van der Waals surface area contributed by atoms with Gasteiger partial charge in [0, 0.05) is 32.7 Å². The maximum absolute atomic E-state index is 12.9. The minimum atomic E-state index is 0.0439. The summed E-state index contributed by atoms with van der Waals surface area (Å²) in [6, 6.07) is 20.9. The molecule has 1 aliphatic heterocycles. The number of nitrogens with zero attached hydrogens (tertiary/aromatic N) is 2. The monoisotopic (exact) mass is 365 g/mol. The number of hydrogen-bond donors (Lipinski definition) is 1. The molecule has 1 unspecified atom stereocenters. The van der Waals surface area contributed by atoms with Crippen LogP contribution in [0, 0.1) is 5.92 Å². The Morgan fingerprint density at radius 3 is 2.26 bits per heavy atom. The molecule has 2 aromatic carbocycles. The van der Waals surface area contributed by atoms with Crippen LogP contribution < -0.4 is 5.32 Å². The maximum Gasteiger partial charge on any atom is 0.317 e. The number of carbonyl (C=O) groups is 1. The molecule has 1 saturated heterocycles. The molecule has 2 aromatic rings. The van der Waals surface area contributed by atoms with E-state index in [4.69, 9.17) is 0 Å². The smallest absolute Gasteiger partial charge is 0.317 e. The van der Waals surface area contributed by atoms with Crippen LogP contribution in [0.15, 0.2) is 60.7 Å². The molecular weight excluding hydrogens is 334 g/mol. The second-order valence-electron chi connectivity index (χ2n) is 7.68. The lowest BCUT2D eigenvalue weighted by Crippen LogP contribution is -2.44. The molecule has 3 rings (SSSR count). The molecule has 4 heteroatoms. The van der Waals surface area contributed by atoms with Crippen LogP contribution in [0.25, 0.3) is 0 Å². The van der Waals surface area contributed by atoms with Crippen molar-refractivity contribution in [2.75, 3.05) is 26.2 Å². The third-order valence-electron chi connectivity index (χ3n) is 5.23. The summed E-state index contributed by atoms with van der Waals surface area (Å²) in [6.07, 6.45) is 1.01. The van der Waals surface area contributed by atoms with Crippen LogP contribution in [0.4, 0.5) is 4.79 Å². The molecule has 0 radical (unpaired) electrons. The lowest BCUT2D eigenvalue weighted by atomic mass is 9.96. The van der Waals surface area contributed by atoms with Crippen molar-refractivity contribution < 1.29 is 4.79 Å². The van der Waals surface area contributed by atoms with Crippen molar-refractivity contribution in [3.63, 3.8) is 0 Å². The van der Waals surface area contributed by atoms with Crippen LogP contribution >= 0.6 is 0 Å². The Morgan fingerprint density at radius 2 is 1.59 bits per heavy atom. The van der Waals surface area contributed by atoms with E-state index in [2.05, 4.69) is 66.5 Å². The van der Waals surface area contributed by atoms with Gasteiger partial charge in [-0.2, -0.15) is 0 Å². The maximum atomic E-state index is 12.9. The zero-order valence-corrected chi connectivity index (χ0v) is 16.5. The topological polar surface area (TPSA) is 35.6 Å². The summed E-state index contributed by atoms with van der Waals surface area (Å²) in [5.41, 5.74) is 2.50. The largest absolute Gasteiger partial charge is 0.331 e. The fraction of sp³-hybridized carbons (Fsp3) is 0.435. The predicted octanol–water partition coefficient (Wildman–Crippen LogP) is 4.30. The van der Waals surface area contributed by atoms with Gasteiger partial charge in [0.2, 0.25) is 0 Å². The number of rotatable bonds is 5. The zero-order valence-electron chi connectivity index (χ0n) is 16.5. The molecule has 27 heavy (non-hydrogen) atoms. The van der Waals surface area contributed by atoms with Crippen molar-refractivity contribution in [2.24, 2.45) is 5.92 Å². The van der Waals surface area contributed by atoms with Crippen molar-refractivity contribution in [2.45, 2.75) is 32.9 Å². The minimum Gasteiger partial charge on any atom is -0.331 e. The Kier molecular flexibility index (Phi) is 6.88. The van der Waals surface area contributed by atoms with Crippen molar-refractivity contribution in [3.8, 4) is 0 Å². The first-order chi connectivity index (χ1) is 13.1. The Bertz CT molecular complexity index is 702. The molecule has 0 aromatic heterocycles. The van der Waals surface area contributed by atoms with Gasteiger partial charge in [0.05, 0.1) is 6.04 Å². The molecule has 0 saturated carbocycles. The Balaban J connectivity index is 1.57. The van der Waals surface area contributed by atoms with Gasteiger partial charge in [-0.05, 0) is 23.5 Å². The number of nitrogens with one attached hydrogen (secondary N) is 1. The van der Waals surface area contributed by atoms with E-state index < -0.39 is 0 Å². The highest BCUT2D eigenvalue weighted by Crippen LogP contribution is 2.22. The van der Waals surface area contributed by atoms with Gasteiger partial charge in [-0.1, -0.05) is 74.5 Å². The highest BCUT2D eigenvalue weighted by molar-refractivity contribution is 5.74.